The summed E-state index contributed by atoms with van der Waals surface area (Å²) in [5.74, 6) is 0.167. The largest absolute Gasteiger partial charge is 2.00 e. The molecule has 2 aromatic carbocycles. The molecule has 0 bridgehead atoms. The van der Waals surface area contributed by atoms with Gasteiger partial charge in [-0.3, -0.25) is 0 Å². The van der Waals surface area contributed by atoms with Gasteiger partial charge in [0.05, 0.1) is 0 Å². The second kappa shape index (κ2) is 20.6. The number of allylic oxidation sites excluding steroid dienone is 1. The first-order valence-corrected chi connectivity index (χ1v) is 9.95. The number of ketones is 1. The Balaban J connectivity index is -0.000000583. The van der Waals surface area contributed by atoms with E-state index in [0.717, 1.165) is 11.1 Å². The van der Waals surface area contributed by atoms with Gasteiger partial charge < -0.3 is 11.7 Å². The number of hydrogen-bond donors (Lipinski definition) is 0. The van der Waals surface area contributed by atoms with Gasteiger partial charge in [0.25, 0.3) is 0 Å². The van der Waals surface area contributed by atoms with Crippen molar-refractivity contribution in [1.29, 1.82) is 5.26 Å². The summed E-state index contributed by atoms with van der Waals surface area (Å²) in [4.78, 5) is 11.6. The Hall–Kier alpha value is -2.10. The number of benzene rings is 2. The first-order chi connectivity index (χ1) is 13.5. The maximum atomic E-state index is 11.6. The fourth-order valence-electron chi connectivity index (χ4n) is 1.92. The molecule has 0 spiro atoms. The molecular formula is C26H35NOW. The predicted octanol–water partition coefficient (Wildman–Crippen LogP) is 7.33. The van der Waals surface area contributed by atoms with Crippen molar-refractivity contribution in [2.75, 3.05) is 0 Å². The third-order valence-corrected chi connectivity index (χ3v) is 3.46. The molecule has 156 valence electrons. The molecule has 2 rings (SSSR count). The fraction of sp³-hybridized carbons (Fsp3) is 0.308. The van der Waals surface area contributed by atoms with Gasteiger partial charge in [-0.2, -0.15) is 12.8 Å². The van der Waals surface area contributed by atoms with E-state index in [2.05, 4.69) is 27.7 Å². The minimum absolute atomic E-state index is 0. The Bertz CT molecular complexity index is 672. The predicted molar refractivity (Wildman–Crippen MR) is 122 cm³/mol. The number of Topliss-reactive ketones (excluding diaryl/α,β-unsaturated/α-hetero) is 1. The zero-order valence-corrected chi connectivity index (χ0v) is 21.7. The Labute approximate surface area is 193 Å². The quantitative estimate of drug-likeness (QED) is 0.223. The molecule has 2 nitrogen and oxygen atoms in total. The molecule has 0 aromatic heterocycles. The number of nitrogens with zero attached hydrogens (tertiary/aromatic N) is 1. The molecule has 0 saturated carbocycles. The minimum Gasteiger partial charge on any atom is -0.341 e. The third-order valence-electron chi connectivity index (χ3n) is 3.46. The maximum absolute atomic E-state index is 11.6. The summed E-state index contributed by atoms with van der Waals surface area (Å²) in [7, 11) is 0. The number of hydrogen-bond acceptors (Lipinski definition) is 2. The van der Waals surface area contributed by atoms with Crippen molar-refractivity contribution in [3.63, 3.8) is 0 Å². The van der Waals surface area contributed by atoms with Gasteiger partial charge in [-0.1, -0.05) is 114 Å². The van der Waals surface area contributed by atoms with Crippen LogP contribution in [0.3, 0.4) is 0 Å². The van der Waals surface area contributed by atoms with Gasteiger partial charge in [0.2, 0.25) is 0 Å². The number of rotatable bonds is 4. The molecule has 0 fully saturated rings. The molecule has 29 heavy (non-hydrogen) atoms. The molecule has 0 radical (unpaired) electrons. The standard InChI is InChI=1S/C17H12NO.C5H11.2C2H6.W/c1-13(19)16(12-18)17(14-8-4-2-5-9-14)15-10-6-3-7-11-15;1-4-5(2)3;2*1-2;/h2-11H,1H2;5H,2,4H2,1,3H3;2*1-2H3;/q2*-1;;;+2. The van der Waals surface area contributed by atoms with Crippen LogP contribution >= 0.6 is 0 Å². The van der Waals surface area contributed by atoms with Crippen LogP contribution in [-0.2, 0) is 25.9 Å². The Morgan fingerprint density at radius 2 is 1.24 bits per heavy atom. The summed E-state index contributed by atoms with van der Waals surface area (Å²) >= 11 is 0. The van der Waals surface area contributed by atoms with Crippen molar-refractivity contribution in [3.05, 3.63) is 91.2 Å². The van der Waals surface area contributed by atoms with E-state index in [-0.39, 0.29) is 26.6 Å². The van der Waals surface area contributed by atoms with E-state index >= 15 is 0 Å². The second-order valence-corrected chi connectivity index (χ2v) is 5.53. The van der Waals surface area contributed by atoms with Gasteiger partial charge in [0.15, 0.2) is 0 Å². The van der Waals surface area contributed by atoms with Crippen molar-refractivity contribution in [2.45, 2.75) is 48.0 Å². The molecule has 0 aliphatic carbocycles. The molecule has 0 aliphatic heterocycles. The van der Waals surface area contributed by atoms with E-state index in [0.29, 0.717) is 11.5 Å². The molecule has 2 aromatic rings. The molecule has 1 unspecified atom stereocenters. The molecule has 0 amide bonds. The average Bonchev–Trinajstić information content (AvgIpc) is 2.76. The van der Waals surface area contributed by atoms with Crippen LogP contribution in [0.1, 0.15) is 59.1 Å². The molecule has 0 heterocycles. The van der Waals surface area contributed by atoms with Gasteiger partial charge in [-0.05, 0) is 16.7 Å². The third kappa shape index (κ3) is 12.9. The normalized spacial score (nSPS) is 9.17. The van der Waals surface area contributed by atoms with E-state index in [1.807, 2.05) is 94.4 Å². The molecule has 0 aliphatic rings. The van der Waals surface area contributed by atoms with Crippen molar-refractivity contribution in [1.82, 2.24) is 0 Å². The van der Waals surface area contributed by atoms with Crippen molar-refractivity contribution < 1.29 is 25.9 Å². The van der Waals surface area contributed by atoms with Gasteiger partial charge >= 0.3 is 21.1 Å². The van der Waals surface area contributed by atoms with E-state index < -0.39 is 5.78 Å². The molecule has 3 heteroatoms. The van der Waals surface area contributed by atoms with Crippen LogP contribution in [0, 0.1) is 31.1 Å². The smallest absolute Gasteiger partial charge is 0.341 e. The molecule has 1 atom stereocenters. The summed E-state index contributed by atoms with van der Waals surface area (Å²) < 4.78 is 0. The van der Waals surface area contributed by atoms with Crippen LogP contribution in [-0.4, -0.2) is 5.78 Å². The van der Waals surface area contributed by atoms with Crippen LogP contribution in [0.25, 0.3) is 5.57 Å². The topological polar surface area (TPSA) is 40.9 Å². The van der Waals surface area contributed by atoms with E-state index in [1.165, 1.54) is 6.42 Å². The van der Waals surface area contributed by atoms with E-state index in [9.17, 15) is 10.1 Å². The van der Waals surface area contributed by atoms with Gasteiger partial charge in [-0.15, -0.1) is 0 Å². The first kappa shape index (κ1) is 31.6. The number of carbonyl (C=O) groups excluding carboxylic acids is 1. The Kier molecular flexibility index (Phi) is 22.5. The van der Waals surface area contributed by atoms with Crippen molar-refractivity contribution in [2.24, 2.45) is 5.92 Å². The van der Waals surface area contributed by atoms with E-state index in [1.54, 1.807) is 0 Å². The van der Waals surface area contributed by atoms with Crippen LogP contribution in [0.15, 0.2) is 66.2 Å². The summed E-state index contributed by atoms with van der Waals surface area (Å²) in [6.07, 6.45) is 1.19. The zero-order chi connectivity index (χ0) is 21.9. The monoisotopic (exact) mass is 561 g/mol. The Morgan fingerprint density at radius 3 is 1.45 bits per heavy atom. The summed E-state index contributed by atoms with van der Waals surface area (Å²) in [6, 6.07) is 20.8. The second-order valence-electron chi connectivity index (χ2n) is 5.53. The zero-order valence-electron chi connectivity index (χ0n) is 18.7. The van der Waals surface area contributed by atoms with Crippen LogP contribution in [0.5, 0.6) is 0 Å². The summed E-state index contributed by atoms with van der Waals surface area (Å²) in [5.41, 5.74) is 2.38. The van der Waals surface area contributed by atoms with Crippen molar-refractivity contribution >= 4 is 11.4 Å². The van der Waals surface area contributed by atoms with E-state index in [4.69, 9.17) is 0 Å². The van der Waals surface area contributed by atoms with Gasteiger partial charge in [0.1, 0.15) is 0 Å². The Morgan fingerprint density at radius 1 is 0.931 bits per heavy atom. The van der Waals surface area contributed by atoms with Crippen LogP contribution in [0.2, 0.25) is 0 Å². The fourth-order valence-corrected chi connectivity index (χ4v) is 1.92. The average molecular weight is 561 g/mol. The number of carbonyl (C=O) groups is 1. The number of nitriles is 1. The van der Waals surface area contributed by atoms with Crippen molar-refractivity contribution in [3.8, 4) is 6.07 Å². The summed E-state index contributed by atoms with van der Waals surface area (Å²) in [6.45, 7) is 19.4. The SMILES string of the molecule is CC.CC.[CH2-]C(=O)C(C#N)=C(c1ccccc1)c1ccccc1.[CH2-]C(C)CC.[W+2]. The minimum atomic E-state index is -0.467. The molecule has 0 saturated heterocycles. The maximum Gasteiger partial charge on any atom is 2.00 e. The van der Waals surface area contributed by atoms with Gasteiger partial charge in [0, 0.05) is 11.9 Å². The molecule has 0 N–H and O–H groups in total. The summed E-state index contributed by atoms with van der Waals surface area (Å²) in [5, 5.41) is 9.22. The van der Waals surface area contributed by atoms with Crippen LogP contribution in [0.4, 0.5) is 0 Å². The van der Waals surface area contributed by atoms with Crippen LogP contribution < -0.4 is 0 Å². The first-order valence-electron chi connectivity index (χ1n) is 9.95. The van der Waals surface area contributed by atoms with Gasteiger partial charge in [-0.25, -0.2) is 5.26 Å². The molecular weight excluding hydrogens is 526 g/mol.